The van der Waals surface area contributed by atoms with E-state index in [0.717, 1.165) is 36.3 Å². The summed E-state index contributed by atoms with van der Waals surface area (Å²) in [7, 11) is 0. The number of aryl methyl sites for hydroxylation is 2. The largest absolute Gasteiger partial charge is 0.323 e. The van der Waals surface area contributed by atoms with E-state index in [0.29, 0.717) is 10.8 Å². The number of carbonyl (C=O) groups excluding carboxylic acids is 1. The Balaban J connectivity index is 1.64. The minimum atomic E-state index is -0.236. The topological polar surface area (TPSA) is 77.6 Å². The molecule has 140 valence electrons. The molecule has 3 aromatic rings. The third-order valence-corrected chi connectivity index (χ3v) is 4.45. The fourth-order valence-electron chi connectivity index (χ4n) is 2.59. The van der Waals surface area contributed by atoms with E-state index in [-0.39, 0.29) is 5.91 Å². The summed E-state index contributed by atoms with van der Waals surface area (Å²) in [6, 6.07) is 7.33. The number of anilines is 1. The number of halogens is 1. The van der Waals surface area contributed by atoms with E-state index in [2.05, 4.69) is 27.4 Å². The molecule has 7 nitrogen and oxygen atoms in total. The van der Waals surface area contributed by atoms with Gasteiger partial charge in [-0.2, -0.15) is 10.2 Å². The molecular formula is C19H21ClN6O. The Morgan fingerprint density at radius 2 is 2.07 bits per heavy atom. The molecule has 0 bridgehead atoms. The van der Waals surface area contributed by atoms with Gasteiger partial charge in [-0.15, -0.1) is 0 Å². The average Bonchev–Trinajstić information content (AvgIpc) is 3.28. The van der Waals surface area contributed by atoms with Crippen LogP contribution in [0.1, 0.15) is 31.0 Å². The highest BCUT2D eigenvalue weighted by Crippen LogP contribution is 2.22. The van der Waals surface area contributed by atoms with Crippen molar-refractivity contribution in [3.8, 4) is 5.69 Å². The van der Waals surface area contributed by atoms with Crippen molar-refractivity contribution in [3.63, 3.8) is 0 Å². The quantitative estimate of drug-likeness (QED) is 0.627. The highest BCUT2D eigenvalue weighted by molar-refractivity contribution is 6.31. The van der Waals surface area contributed by atoms with Gasteiger partial charge in [-0.25, -0.2) is 9.67 Å². The first-order valence-corrected chi connectivity index (χ1v) is 9.13. The summed E-state index contributed by atoms with van der Waals surface area (Å²) in [5, 5.41) is 11.9. The lowest BCUT2D eigenvalue weighted by atomic mass is 10.2. The first kappa shape index (κ1) is 18.8. The maximum absolute atomic E-state index is 12.2. The third-order valence-electron chi connectivity index (χ3n) is 4.05. The minimum Gasteiger partial charge on any atom is -0.323 e. The molecule has 0 saturated heterocycles. The number of amides is 1. The van der Waals surface area contributed by atoms with Gasteiger partial charge in [0.2, 0.25) is 5.91 Å². The van der Waals surface area contributed by atoms with Crippen LogP contribution in [0.3, 0.4) is 0 Å². The molecule has 0 radical (unpaired) electrons. The number of benzene rings is 1. The van der Waals surface area contributed by atoms with Gasteiger partial charge in [0.05, 0.1) is 11.4 Å². The van der Waals surface area contributed by atoms with Crippen LogP contribution >= 0.6 is 11.6 Å². The Labute approximate surface area is 162 Å². The van der Waals surface area contributed by atoms with Crippen molar-refractivity contribution in [2.45, 2.75) is 33.2 Å². The van der Waals surface area contributed by atoms with E-state index in [1.807, 2.05) is 31.2 Å². The normalized spacial score (nSPS) is 11.2. The van der Waals surface area contributed by atoms with E-state index in [1.165, 1.54) is 12.4 Å². The Bertz CT molecular complexity index is 928. The number of aromatic nitrogens is 5. The minimum absolute atomic E-state index is 0.236. The van der Waals surface area contributed by atoms with Gasteiger partial charge in [0.1, 0.15) is 17.8 Å². The van der Waals surface area contributed by atoms with Gasteiger partial charge in [0.25, 0.3) is 0 Å². The van der Waals surface area contributed by atoms with E-state index in [9.17, 15) is 4.79 Å². The van der Waals surface area contributed by atoms with Crippen LogP contribution in [0.25, 0.3) is 11.8 Å². The van der Waals surface area contributed by atoms with Crippen molar-refractivity contribution in [3.05, 3.63) is 59.4 Å². The molecule has 1 N–H and O–H groups in total. The zero-order valence-electron chi connectivity index (χ0n) is 15.3. The van der Waals surface area contributed by atoms with Crippen molar-refractivity contribution in [2.75, 3.05) is 5.32 Å². The maximum atomic E-state index is 12.2. The van der Waals surface area contributed by atoms with Crippen molar-refractivity contribution in [2.24, 2.45) is 0 Å². The number of rotatable bonds is 7. The summed E-state index contributed by atoms with van der Waals surface area (Å²) in [5.41, 5.74) is 3.12. The monoisotopic (exact) mass is 384 g/mol. The summed E-state index contributed by atoms with van der Waals surface area (Å²) in [4.78, 5) is 16.1. The zero-order valence-corrected chi connectivity index (χ0v) is 16.0. The van der Waals surface area contributed by atoms with E-state index >= 15 is 0 Å². The Kier molecular flexibility index (Phi) is 6.03. The number of unbranched alkanes of at least 4 members (excludes halogenated alkanes) is 1. The molecule has 27 heavy (non-hydrogen) atoms. The Hall–Kier alpha value is -2.93. The van der Waals surface area contributed by atoms with Crippen LogP contribution in [0.2, 0.25) is 5.15 Å². The van der Waals surface area contributed by atoms with Gasteiger partial charge in [-0.1, -0.05) is 24.9 Å². The summed E-state index contributed by atoms with van der Waals surface area (Å²) < 4.78 is 3.42. The molecule has 0 saturated carbocycles. The number of nitrogens with one attached hydrogen (secondary N) is 1. The number of carbonyl (C=O) groups is 1. The highest BCUT2D eigenvalue weighted by atomic mass is 35.5. The number of hydrogen-bond acceptors (Lipinski definition) is 4. The summed E-state index contributed by atoms with van der Waals surface area (Å²) in [6.45, 7) is 4.77. The van der Waals surface area contributed by atoms with Crippen LogP contribution < -0.4 is 5.32 Å². The SMILES string of the molecule is CCCCn1nc(C)c(C=CC(=O)Nc2ccc(-n3cncn3)cc2)c1Cl. The molecule has 3 rings (SSSR count). The van der Waals surface area contributed by atoms with Gasteiger partial charge in [-0.05, 0) is 43.7 Å². The molecule has 0 spiro atoms. The van der Waals surface area contributed by atoms with Gasteiger partial charge >= 0.3 is 0 Å². The molecule has 0 aliphatic rings. The highest BCUT2D eigenvalue weighted by Gasteiger charge is 2.11. The van der Waals surface area contributed by atoms with Crippen LogP contribution in [0.15, 0.2) is 43.0 Å². The first-order valence-electron chi connectivity index (χ1n) is 8.75. The van der Waals surface area contributed by atoms with Crippen LogP contribution in [-0.4, -0.2) is 30.5 Å². The smallest absolute Gasteiger partial charge is 0.248 e. The molecule has 2 heterocycles. The van der Waals surface area contributed by atoms with Crippen molar-refractivity contribution >= 4 is 29.3 Å². The summed E-state index contributed by atoms with van der Waals surface area (Å²) in [6.07, 6.45) is 8.33. The summed E-state index contributed by atoms with van der Waals surface area (Å²) in [5.74, 6) is -0.236. The van der Waals surface area contributed by atoms with E-state index < -0.39 is 0 Å². The molecule has 0 fully saturated rings. The van der Waals surface area contributed by atoms with Gasteiger partial charge < -0.3 is 5.32 Å². The Morgan fingerprint density at radius 1 is 1.30 bits per heavy atom. The molecule has 0 aliphatic heterocycles. The van der Waals surface area contributed by atoms with Crippen LogP contribution in [0.5, 0.6) is 0 Å². The Morgan fingerprint density at radius 3 is 2.74 bits per heavy atom. The molecule has 2 aromatic heterocycles. The molecule has 0 unspecified atom stereocenters. The molecule has 1 aromatic carbocycles. The molecule has 0 aliphatic carbocycles. The second kappa shape index (κ2) is 8.64. The standard InChI is InChI=1S/C19H21ClN6O/c1-3-4-11-25-19(20)17(14(2)24-25)9-10-18(27)23-15-5-7-16(8-6-15)26-13-21-12-22-26/h5-10,12-13H,3-4,11H2,1-2H3,(H,23,27). The van der Waals surface area contributed by atoms with Crippen LogP contribution in [0.4, 0.5) is 5.69 Å². The van der Waals surface area contributed by atoms with Gasteiger partial charge in [0, 0.05) is 23.9 Å². The predicted octanol–water partition coefficient (Wildman–Crippen LogP) is 3.88. The van der Waals surface area contributed by atoms with Gasteiger partial charge in [-0.3, -0.25) is 9.48 Å². The zero-order chi connectivity index (χ0) is 19.2. The van der Waals surface area contributed by atoms with E-state index in [4.69, 9.17) is 11.6 Å². The van der Waals surface area contributed by atoms with Crippen molar-refractivity contribution < 1.29 is 4.79 Å². The molecule has 1 amide bonds. The van der Waals surface area contributed by atoms with Crippen LogP contribution in [0, 0.1) is 6.92 Å². The average molecular weight is 385 g/mol. The molecular weight excluding hydrogens is 364 g/mol. The lowest BCUT2D eigenvalue weighted by molar-refractivity contribution is -0.111. The third kappa shape index (κ3) is 4.62. The number of nitrogens with zero attached hydrogens (tertiary/aromatic N) is 5. The predicted molar refractivity (Wildman–Crippen MR) is 106 cm³/mol. The van der Waals surface area contributed by atoms with Gasteiger partial charge in [0.15, 0.2) is 0 Å². The first-order chi connectivity index (χ1) is 13.1. The lowest BCUT2D eigenvalue weighted by Crippen LogP contribution is -2.07. The lowest BCUT2D eigenvalue weighted by Gasteiger charge is -2.04. The van der Waals surface area contributed by atoms with Crippen molar-refractivity contribution in [1.29, 1.82) is 0 Å². The fourth-order valence-corrected chi connectivity index (χ4v) is 2.92. The summed E-state index contributed by atoms with van der Waals surface area (Å²) >= 11 is 6.38. The molecule has 8 heteroatoms. The number of hydrogen-bond donors (Lipinski definition) is 1. The van der Waals surface area contributed by atoms with E-state index in [1.54, 1.807) is 21.8 Å². The second-order valence-electron chi connectivity index (χ2n) is 6.08. The van der Waals surface area contributed by atoms with Crippen LogP contribution in [-0.2, 0) is 11.3 Å². The van der Waals surface area contributed by atoms with Crippen molar-refractivity contribution in [1.82, 2.24) is 24.5 Å². The second-order valence-corrected chi connectivity index (χ2v) is 6.43. The maximum Gasteiger partial charge on any atom is 0.248 e. The fraction of sp³-hybridized carbons (Fsp3) is 0.263. The molecule has 0 atom stereocenters.